The van der Waals surface area contributed by atoms with Crippen LogP contribution in [0.4, 0.5) is 10.1 Å². The highest BCUT2D eigenvalue weighted by molar-refractivity contribution is 5.98. The Labute approximate surface area is 184 Å². The van der Waals surface area contributed by atoms with Crippen molar-refractivity contribution in [2.45, 2.75) is 6.42 Å². The second kappa shape index (κ2) is 10.7. The molecule has 3 rings (SSSR count). The molecule has 0 radical (unpaired) electrons. The average Bonchev–Trinajstić information content (AvgIpc) is 2.79. The summed E-state index contributed by atoms with van der Waals surface area (Å²) in [6.07, 6.45) is -0.106. The number of nitrogens with two attached hydrogens (primary N) is 1. The maximum atomic E-state index is 13.2. The van der Waals surface area contributed by atoms with Gasteiger partial charge in [0.2, 0.25) is 5.91 Å². The first-order valence-corrected chi connectivity index (χ1v) is 9.77. The van der Waals surface area contributed by atoms with Gasteiger partial charge in [-0.2, -0.15) is 0 Å². The topological polar surface area (TPSA) is 98.9 Å². The lowest BCUT2D eigenvalue weighted by molar-refractivity contribution is -0.121. The predicted octanol–water partition coefficient (Wildman–Crippen LogP) is 3.68. The lowest BCUT2D eigenvalue weighted by Crippen LogP contribution is -2.37. The summed E-state index contributed by atoms with van der Waals surface area (Å²) in [5.41, 5.74) is 5.68. The summed E-state index contributed by atoms with van der Waals surface area (Å²) in [6.45, 7) is -0.625. The second-order valence-electron chi connectivity index (χ2n) is 6.73. The van der Waals surface area contributed by atoms with Gasteiger partial charge in [0, 0.05) is 18.7 Å². The van der Waals surface area contributed by atoms with Gasteiger partial charge < -0.3 is 20.1 Å². The molecule has 7 nitrogen and oxygen atoms in total. The Morgan fingerprint density at radius 1 is 0.875 bits per heavy atom. The fourth-order valence-electron chi connectivity index (χ4n) is 2.86. The molecule has 0 aliphatic carbocycles. The lowest BCUT2D eigenvalue weighted by Gasteiger charge is -2.22. The van der Waals surface area contributed by atoms with Crippen LogP contribution >= 0.6 is 0 Å². The van der Waals surface area contributed by atoms with E-state index in [-0.39, 0.29) is 24.3 Å². The molecular weight excluding hydrogens is 415 g/mol. The molecule has 164 valence electrons. The number of carbonyl (C=O) groups excluding carboxylic acids is 3. The third kappa shape index (κ3) is 6.15. The molecular formula is C24H21FN2O5. The van der Waals surface area contributed by atoms with E-state index in [0.717, 1.165) is 0 Å². The van der Waals surface area contributed by atoms with Gasteiger partial charge in [-0.05, 0) is 48.5 Å². The first-order chi connectivity index (χ1) is 15.4. The molecule has 0 bridgehead atoms. The van der Waals surface area contributed by atoms with Crippen molar-refractivity contribution < 1.29 is 28.2 Å². The summed E-state index contributed by atoms with van der Waals surface area (Å²) in [6, 6.07) is 20.5. The van der Waals surface area contributed by atoms with Crippen molar-refractivity contribution in [3.05, 3.63) is 90.2 Å². The minimum atomic E-state index is -0.751. The standard InChI is InChI=1S/C24H21FN2O5/c25-17-10-12-18(13-11-17)27(15-14-22(26)28)23(29)16-31-24(30)20-8-4-5-9-21(20)32-19-6-2-1-3-7-19/h1-13H,14-16H2,(H2,26,28). The van der Waals surface area contributed by atoms with Gasteiger partial charge >= 0.3 is 5.97 Å². The van der Waals surface area contributed by atoms with Gasteiger partial charge in [-0.1, -0.05) is 30.3 Å². The van der Waals surface area contributed by atoms with Gasteiger partial charge in [0.15, 0.2) is 6.61 Å². The number of rotatable bonds is 9. The molecule has 2 amide bonds. The van der Waals surface area contributed by atoms with Gasteiger partial charge in [0.05, 0.1) is 0 Å². The lowest BCUT2D eigenvalue weighted by atomic mass is 10.2. The number of ether oxygens (including phenoxy) is 2. The average molecular weight is 436 g/mol. The minimum Gasteiger partial charge on any atom is -0.456 e. The number of esters is 1. The minimum absolute atomic E-state index is 0.0367. The Bertz CT molecular complexity index is 1090. The summed E-state index contributed by atoms with van der Waals surface area (Å²) in [5.74, 6) is -1.60. The Balaban J connectivity index is 1.70. The van der Waals surface area contributed by atoms with Crippen LogP contribution in [-0.4, -0.2) is 30.9 Å². The molecule has 0 spiro atoms. The smallest absolute Gasteiger partial charge is 0.342 e. The molecule has 0 atom stereocenters. The first kappa shape index (κ1) is 22.5. The van der Waals surface area contributed by atoms with Gasteiger partial charge in [-0.3, -0.25) is 9.59 Å². The van der Waals surface area contributed by atoms with Crippen molar-refractivity contribution in [2.75, 3.05) is 18.1 Å². The molecule has 0 saturated heterocycles. The Morgan fingerprint density at radius 3 is 2.22 bits per heavy atom. The SMILES string of the molecule is NC(=O)CCN(C(=O)COC(=O)c1ccccc1Oc1ccccc1)c1ccc(F)cc1. The van der Waals surface area contributed by atoms with Crippen LogP contribution in [0.25, 0.3) is 0 Å². The maximum Gasteiger partial charge on any atom is 0.342 e. The Hall–Kier alpha value is -4.20. The highest BCUT2D eigenvalue weighted by Crippen LogP contribution is 2.25. The van der Waals surface area contributed by atoms with Crippen LogP contribution in [0.5, 0.6) is 11.5 Å². The molecule has 0 aliphatic heterocycles. The highest BCUT2D eigenvalue weighted by atomic mass is 19.1. The van der Waals surface area contributed by atoms with Crippen LogP contribution in [0.15, 0.2) is 78.9 Å². The highest BCUT2D eigenvalue weighted by Gasteiger charge is 2.21. The van der Waals surface area contributed by atoms with E-state index in [9.17, 15) is 18.8 Å². The number of hydrogen-bond acceptors (Lipinski definition) is 5. The molecule has 0 saturated carbocycles. The Morgan fingerprint density at radius 2 is 1.53 bits per heavy atom. The van der Waals surface area contributed by atoms with Gasteiger partial charge in [-0.15, -0.1) is 0 Å². The predicted molar refractivity (Wildman–Crippen MR) is 116 cm³/mol. The van der Waals surface area contributed by atoms with Crippen molar-refractivity contribution in [3.63, 3.8) is 0 Å². The van der Waals surface area contributed by atoms with Crippen LogP contribution in [0.1, 0.15) is 16.8 Å². The Kier molecular flexibility index (Phi) is 7.53. The van der Waals surface area contributed by atoms with E-state index < -0.39 is 30.2 Å². The number of para-hydroxylation sites is 2. The maximum absolute atomic E-state index is 13.2. The molecule has 0 fully saturated rings. The second-order valence-corrected chi connectivity index (χ2v) is 6.73. The van der Waals surface area contributed by atoms with E-state index >= 15 is 0 Å². The molecule has 8 heteroatoms. The van der Waals surface area contributed by atoms with Crippen molar-refractivity contribution >= 4 is 23.5 Å². The van der Waals surface area contributed by atoms with Crippen LogP contribution in [0.2, 0.25) is 0 Å². The summed E-state index contributed by atoms with van der Waals surface area (Å²) < 4.78 is 24.2. The van der Waals surface area contributed by atoms with Crippen molar-refractivity contribution in [1.29, 1.82) is 0 Å². The van der Waals surface area contributed by atoms with Gasteiger partial charge in [-0.25, -0.2) is 9.18 Å². The van der Waals surface area contributed by atoms with E-state index in [0.29, 0.717) is 11.4 Å². The first-order valence-electron chi connectivity index (χ1n) is 9.77. The quantitative estimate of drug-likeness (QED) is 0.516. The fourth-order valence-corrected chi connectivity index (χ4v) is 2.86. The van der Waals surface area contributed by atoms with E-state index in [2.05, 4.69) is 0 Å². The third-order valence-corrected chi connectivity index (χ3v) is 4.43. The van der Waals surface area contributed by atoms with Gasteiger partial charge in [0.25, 0.3) is 5.91 Å². The largest absolute Gasteiger partial charge is 0.456 e. The number of carbonyl (C=O) groups is 3. The summed E-state index contributed by atoms with van der Waals surface area (Å²) in [5, 5.41) is 0. The normalized spacial score (nSPS) is 10.3. The van der Waals surface area contributed by atoms with Crippen molar-refractivity contribution in [2.24, 2.45) is 5.73 Å². The zero-order valence-electron chi connectivity index (χ0n) is 17.1. The fraction of sp³-hybridized carbons (Fsp3) is 0.125. The molecule has 0 unspecified atom stereocenters. The molecule has 2 N–H and O–H groups in total. The van der Waals surface area contributed by atoms with Crippen molar-refractivity contribution in [3.8, 4) is 11.5 Å². The molecule has 3 aromatic rings. The van der Waals surface area contributed by atoms with Gasteiger partial charge in [0.1, 0.15) is 22.9 Å². The number of benzene rings is 3. The molecule has 0 heterocycles. The molecule has 0 aromatic heterocycles. The molecule has 32 heavy (non-hydrogen) atoms. The summed E-state index contributed by atoms with van der Waals surface area (Å²) in [4.78, 5) is 37.7. The zero-order chi connectivity index (χ0) is 22.9. The third-order valence-electron chi connectivity index (χ3n) is 4.43. The van der Waals surface area contributed by atoms with Crippen LogP contribution in [0.3, 0.4) is 0 Å². The summed E-state index contributed by atoms with van der Waals surface area (Å²) >= 11 is 0. The van der Waals surface area contributed by atoms with Crippen LogP contribution in [-0.2, 0) is 14.3 Å². The monoisotopic (exact) mass is 436 g/mol. The van der Waals surface area contributed by atoms with Crippen LogP contribution < -0.4 is 15.4 Å². The van der Waals surface area contributed by atoms with E-state index in [1.54, 1.807) is 42.5 Å². The summed E-state index contributed by atoms with van der Waals surface area (Å²) in [7, 11) is 0. The number of halogens is 1. The number of hydrogen-bond donors (Lipinski definition) is 1. The van der Waals surface area contributed by atoms with Crippen molar-refractivity contribution in [1.82, 2.24) is 0 Å². The van der Waals surface area contributed by atoms with E-state index in [4.69, 9.17) is 15.2 Å². The number of amides is 2. The molecule has 3 aromatic carbocycles. The zero-order valence-corrected chi connectivity index (χ0v) is 17.1. The molecule has 0 aliphatic rings. The van der Waals surface area contributed by atoms with Crippen LogP contribution in [0, 0.1) is 5.82 Å². The van der Waals surface area contributed by atoms with E-state index in [1.165, 1.54) is 35.2 Å². The number of nitrogens with zero attached hydrogens (tertiary/aromatic N) is 1. The van der Waals surface area contributed by atoms with E-state index in [1.807, 2.05) is 6.07 Å². The number of anilines is 1. The number of primary amides is 1.